The number of nitrogens with zero attached hydrogens (tertiary/aromatic N) is 1. The Hall–Kier alpha value is -0.470. The molecule has 1 fully saturated rings. The van der Waals surface area contributed by atoms with Gasteiger partial charge in [0.15, 0.2) is 0 Å². The molecule has 1 aromatic heterocycles. The van der Waals surface area contributed by atoms with Crippen LogP contribution in [0.5, 0.6) is 0 Å². The van der Waals surface area contributed by atoms with Crippen LogP contribution in [0.1, 0.15) is 31.6 Å². The molecule has 21 heavy (non-hydrogen) atoms. The van der Waals surface area contributed by atoms with Crippen LogP contribution in [0.25, 0.3) is 0 Å². The molecule has 0 spiro atoms. The summed E-state index contributed by atoms with van der Waals surface area (Å²) in [5.41, 5.74) is 0. The first-order valence-corrected chi connectivity index (χ1v) is 9.76. The first kappa shape index (κ1) is 16.9. The molecule has 1 unspecified atom stereocenters. The van der Waals surface area contributed by atoms with Crippen molar-refractivity contribution in [3.63, 3.8) is 0 Å². The zero-order valence-corrected chi connectivity index (χ0v) is 14.3. The van der Waals surface area contributed by atoms with Crippen molar-refractivity contribution in [3.8, 4) is 0 Å². The van der Waals surface area contributed by atoms with Crippen LogP contribution >= 0.6 is 11.3 Å². The second kappa shape index (κ2) is 7.69. The number of rotatable bonds is 6. The molecule has 1 atom stereocenters. The summed E-state index contributed by atoms with van der Waals surface area (Å²) in [5.74, 6) is 0. The Labute approximate surface area is 131 Å². The van der Waals surface area contributed by atoms with Crippen molar-refractivity contribution in [2.45, 2.75) is 44.2 Å². The molecule has 7 heteroatoms. The van der Waals surface area contributed by atoms with E-state index in [2.05, 4.69) is 12.2 Å². The Kier molecular flexibility index (Phi) is 6.19. The van der Waals surface area contributed by atoms with Gasteiger partial charge in [0.2, 0.25) is 10.0 Å². The number of hydrogen-bond acceptors (Lipinski definition) is 5. The lowest BCUT2D eigenvalue weighted by atomic mass is 10.4. The average Bonchev–Trinajstić information content (AvgIpc) is 2.81. The Morgan fingerprint density at radius 1 is 1.52 bits per heavy atom. The molecule has 1 saturated heterocycles. The molecule has 2 heterocycles. The molecule has 1 aliphatic rings. The molecule has 1 N–H and O–H groups in total. The molecular formula is C14H24N2O3S2. The van der Waals surface area contributed by atoms with Crippen molar-refractivity contribution in [1.29, 1.82) is 0 Å². The highest BCUT2D eigenvalue weighted by Crippen LogP contribution is 2.24. The van der Waals surface area contributed by atoms with E-state index in [1.54, 1.807) is 15.8 Å². The SMILES string of the molecule is CCCNCc1cc(S(=O)(=O)N2CCCOC(C)C2)cs1. The van der Waals surface area contributed by atoms with Crippen molar-refractivity contribution in [1.82, 2.24) is 9.62 Å². The smallest absolute Gasteiger partial charge is 0.243 e. The first-order valence-electron chi connectivity index (χ1n) is 7.44. The van der Waals surface area contributed by atoms with Crippen molar-refractivity contribution in [2.75, 3.05) is 26.2 Å². The van der Waals surface area contributed by atoms with Gasteiger partial charge in [0.1, 0.15) is 0 Å². The summed E-state index contributed by atoms with van der Waals surface area (Å²) in [5, 5.41) is 5.04. The fourth-order valence-corrected chi connectivity index (χ4v) is 5.09. The molecule has 2 rings (SSSR count). The predicted molar refractivity (Wildman–Crippen MR) is 85.1 cm³/mol. The van der Waals surface area contributed by atoms with E-state index in [4.69, 9.17) is 4.74 Å². The van der Waals surface area contributed by atoms with Crippen LogP contribution in [0.3, 0.4) is 0 Å². The number of ether oxygens (including phenoxy) is 1. The Morgan fingerprint density at radius 2 is 2.33 bits per heavy atom. The van der Waals surface area contributed by atoms with Gasteiger partial charge in [0.25, 0.3) is 0 Å². The Balaban J connectivity index is 2.08. The molecule has 0 bridgehead atoms. The lowest BCUT2D eigenvalue weighted by Crippen LogP contribution is -2.35. The highest BCUT2D eigenvalue weighted by atomic mass is 32.2. The zero-order valence-electron chi connectivity index (χ0n) is 12.7. The van der Waals surface area contributed by atoms with Crippen LogP contribution in [0, 0.1) is 0 Å². The van der Waals surface area contributed by atoms with Gasteiger partial charge < -0.3 is 10.1 Å². The van der Waals surface area contributed by atoms with Crippen LogP contribution in [0.4, 0.5) is 0 Å². The zero-order chi connectivity index (χ0) is 15.3. The van der Waals surface area contributed by atoms with Gasteiger partial charge in [0.05, 0.1) is 11.0 Å². The summed E-state index contributed by atoms with van der Waals surface area (Å²) >= 11 is 1.50. The molecule has 120 valence electrons. The molecule has 0 aliphatic carbocycles. The summed E-state index contributed by atoms with van der Waals surface area (Å²) in [7, 11) is -3.39. The van der Waals surface area contributed by atoms with Crippen molar-refractivity contribution >= 4 is 21.4 Å². The van der Waals surface area contributed by atoms with Crippen molar-refractivity contribution < 1.29 is 13.2 Å². The third kappa shape index (κ3) is 4.50. The largest absolute Gasteiger partial charge is 0.377 e. The molecule has 1 aromatic rings. The van der Waals surface area contributed by atoms with Gasteiger partial charge in [-0.25, -0.2) is 8.42 Å². The van der Waals surface area contributed by atoms with E-state index in [-0.39, 0.29) is 6.10 Å². The summed E-state index contributed by atoms with van der Waals surface area (Å²) in [4.78, 5) is 1.47. The van der Waals surface area contributed by atoms with E-state index in [1.807, 2.05) is 6.92 Å². The standard InChI is InChI=1S/C14H24N2O3S2/c1-3-5-15-9-13-8-14(11-20-13)21(17,18)16-6-4-7-19-12(2)10-16/h8,11-12,15H,3-7,9-10H2,1-2H3. The minimum absolute atomic E-state index is 0.0494. The number of thiophene rings is 1. The van der Waals surface area contributed by atoms with E-state index < -0.39 is 10.0 Å². The normalized spacial score (nSPS) is 21.3. The maximum absolute atomic E-state index is 12.7. The highest BCUT2D eigenvalue weighted by molar-refractivity contribution is 7.89. The molecule has 0 amide bonds. The Morgan fingerprint density at radius 3 is 3.10 bits per heavy atom. The molecule has 5 nitrogen and oxygen atoms in total. The van der Waals surface area contributed by atoms with Crippen LogP contribution in [-0.4, -0.2) is 45.1 Å². The minimum atomic E-state index is -3.39. The molecule has 0 aromatic carbocycles. The van der Waals surface area contributed by atoms with Gasteiger partial charge in [-0.05, 0) is 32.4 Å². The number of nitrogens with one attached hydrogen (secondary N) is 1. The lowest BCUT2D eigenvalue weighted by molar-refractivity contribution is 0.0752. The van der Waals surface area contributed by atoms with Gasteiger partial charge in [-0.15, -0.1) is 11.3 Å². The molecule has 1 aliphatic heterocycles. The van der Waals surface area contributed by atoms with E-state index in [9.17, 15) is 8.42 Å². The number of sulfonamides is 1. The van der Waals surface area contributed by atoms with Crippen LogP contribution in [0.15, 0.2) is 16.3 Å². The van der Waals surface area contributed by atoms with Crippen LogP contribution in [0.2, 0.25) is 0 Å². The lowest BCUT2D eigenvalue weighted by Gasteiger charge is -2.20. The summed E-state index contributed by atoms with van der Waals surface area (Å²) in [6.45, 7) is 7.30. The fraction of sp³-hybridized carbons (Fsp3) is 0.714. The van der Waals surface area contributed by atoms with E-state index in [0.29, 0.717) is 24.6 Å². The summed E-state index contributed by atoms with van der Waals surface area (Å²) < 4.78 is 32.4. The van der Waals surface area contributed by atoms with E-state index in [1.165, 1.54) is 11.3 Å². The topological polar surface area (TPSA) is 58.6 Å². The average molecular weight is 332 g/mol. The number of hydrogen-bond donors (Lipinski definition) is 1. The monoisotopic (exact) mass is 332 g/mol. The summed E-state index contributed by atoms with van der Waals surface area (Å²) in [6, 6.07) is 1.79. The van der Waals surface area contributed by atoms with Crippen molar-refractivity contribution in [3.05, 3.63) is 16.3 Å². The van der Waals surface area contributed by atoms with Crippen molar-refractivity contribution in [2.24, 2.45) is 0 Å². The van der Waals surface area contributed by atoms with Gasteiger partial charge >= 0.3 is 0 Å². The molecule has 0 saturated carbocycles. The Bertz CT molecular complexity index is 542. The first-order chi connectivity index (χ1) is 10.0. The summed E-state index contributed by atoms with van der Waals surface area (Å²) in [6.07, 6.45) is 1.77. The van der Waals surface area contributed by atoms with Crippen LogP contribution < -0.4 is 5.32 Å². The van der Waals surface area contributed by atoms with Gasteiger partial charge in [0, 0.05) is 36.5 Å². The third-order valence-electron chi connectivity index (χ3n) is 3.41. The van der Waals surface area contributed by atoms with E-state index in [0.717, 1.165) is 30.8 Å². The quantitative estimate of drug-likeness (QED) is 0.810. The highest BCUT2D eigenvalue weighted by Gasteiger charge is 2.28. The molecular weight excluding hydrogens is 308 g/mol. The maximum atomic E-state index is 12.7. The van der Waals surface area contributed by atoms with Gasteiger partial charge in [-0.3, -0.25) is 0 Å². The maximum Gasteiger partial charge on any atom is 0.243 e. The van der Waals surface area contributed by atoms with Gasteiger partial charge in [-0.1, -0.05) is 6.92 Å². The predicted octanol–water partition coefficient (Wildman–Crippen LogP) is 2.05. The second-order valence-electron chi connectivity index (χ2n) is 5.32. The second-order valence-corrected chi connectivity index (χ2v) is 8.26. The van der Waals surface area contributed by atoms with Gasteiger partial charge in [-0.2, -0.15) is 4.31 Å². The fourth-order valence-electron chi connectivity index (χ4n) is 2.30. The van der Waals surface area contributed by atoms with Crippen LogP contribution in [-0.2, 0) is 21.3 Å². The van der Waals surface area contributed by atoms with E-state index >= 15 is 0 Å². The third-order valence-corrected chi connectivity index (χ3v) is 6.34. The minimum Gasteiger partial charge on any atom is -0.377 e. The molecule has 0 radical (unpaired) electrons.